The van der Waals surface area contributed by atoms with E-state index in [0.29, 0.717) is 42.3 Å². The summed E-state index contributed by atoms with van der Waals surface area (Å²) in [4.78, 5) is 4.40. The monoisotopic (exact) mass is 523 g/mol. The van der Waals surface area contributed by atoms with Crippen molar-refractivity contribution in [2.24, 2.45) is 4.99 Å². The van der Waals surface area contributed by atoms with E-state index in [4.69, 9.17) is 0 Å². The molecule has 0 aliphatic carbocycles. The van der Waals surface area contributed by atoms with Gasteiger partial charge < -0.3 is 10.6 Å². The van der Waals surface area contributed by atoms with Crippen LogP contribution in [0.3, 0.4) is 0 Å². The number of aliphatic imine (C=N–C) groups is 1. The highest BCUT2D eigenvalue weighted by molar-refractivity contribution is 14.0. The van der Waals surface area contributed by atoms with E-state index in [9.17, 15) is 17.2 Å². The lowest BCUT2D eigenvalue weighted by Crippen LogP contribution is -2.39. The van der Waals surface area contributed by atoms with Crippen LogP contribution in [0, 0.1) is 11.6 Å². The molecule has 2 rings (SSSR count). The van der Waals surface area contributed by atoms with Crippen LogP contribution in [0.2, 0.25) is 0 Å². The normalized spacial score (nSPS) is 11.6. The van der Waals surface area contributed by atoms with Gasteiger partial charge in [0.25, 0.3) is 0 Å². The maximum atomic E-state index is 13.2. The maximum Gasteiger partial charge on any atom is 0.190 e. The lowest BCUT2D eigenvalue weighted by Gasteiger charge is -2.12. The molecule has 9 heteroatoms. The second-order valence-electron chi connectivity index (χ2n) is 6.12. The summed E-state index contributed by atoms with van der Waals surface area (Å²) in [5, 5.41) is 6.23. The van der Waals surface area contributed by atoms with Gasteiger partial charge in [0, 0.05) is 32.5 Å². The number of nitrogens with one attached hydrogen (secondary N) is 2. The molecule has 0 amide bonds. The number of halogens is 3. The summed E-state index contributed by atoms with van der Waals surface area (Å²) in [5.74, 6) is -0.594. The first-order valence-corrected chi connectivity index (χ1v) is 10.4. The van der Waals surface area contributed by atoms with E-state index in [1.807, 2.05) is 0 Å². The molecule has 0 unspecified atom stereocenters. The number of sulfone groups is 1. The minimum absolute atomic E-state index is 0. The Hall–Kier alpha value is -1.75. The van der Waals surface area contributed by atoms with Gasteiger partial charge in [0.1, 0.15) is 11.6 Å². The molecule has 2 aromatic carbocycles. The first kappa shape index (κ1) is 24.3. The lowest BCUT2D eigenvalue weighted by atomic mass is 10.1. The van der Waals surface area contributed by atoms with Crippen LogP contribution < -0.4 is 10.6 Å². The molecule has 0 aliphatic rings. The van der Waals surface area contributed by atoms with Gasteiger partial charge in [-0.15, -0.1) is 24.0 Å². The van der Waals surface area contributed by atoms with E-state index in [1.165, 1.54) is 18.4 Å². The van der Waals surface area contributed by atoms with Gasteiger partial charge in [-0.3, -0.25) is 4.99 Å². The Morgan fingerprint density at radius 1 is 0.929 bits per heavy atom. The Balaban J connectivity index is 0.00000392. The predicted molar refractivity (Wildman–Crippen MR) is 118 cm³/mol. The second-order valence-corrected chi connectivity index (χ2v) is 8.14. The van der Waals surface area contributed by atoms with Crippen LogP contribution in [0.15, 0.2) is 52.4 Å². The SMILES string of the molecule is CN=C(NCCc1ccc(S(C)(=O)=O)cc1)NCCc1cc(F)cc(F)c1.I. The summed E-state index contributed by atoms with van der Waals surface area (Å²) >= 11 is 0. The molecular weight excluding hydrogens is 499 g/mol. The van der Waals surface area contributed by atoms with Gasteiger partial charge in [-0.05, 0) is 48.2 Å². The van der Waals surface area contributed by atoms with Crippen LogP contribution in [-0.4, -0.2) is 40.8 Å². The highest BCUT2D eigenvalue weighted by Gasteiger charge is 2.06. The van der Waals surface area contributed by atoms with Gasteiger partial charge in [-0.1, -0.05) is 12.1 Å². The summed E-state index contributed by atoms with van der Waals surface area (Å²) in [5.41, 5.74) is 1.57. The van der Waals surface area contributed by atoms with Crippen molar-refractivity contribution >= 4 is 39.8 Å². The molecule has 5 nitrogen and oxygen atoms in total. The summed E-state index contributed by atoms with van der Waals surface area (Å²) < 4.78 is 49.2. The molecule has 0 atom stereocenters. The van der Waals surface area contributed by atoms with Crippen molar-refractivity contribution in [1.82, 2.24) is 10.6 Å². The number of hydrogen-bond donors (Lipinski definition) is 2. The Kier molecular flexibility index (Phi) is 9.80. The highest BCUT2D eigenvalue weighted by atomic mass is 127. The molecule has 0 heterocycles. The molecule has 2 aromatic rings. The molecule has 0 bridgehead atoms. The Morgan fingerprint density at radius 2 is 1.43 bits per heavy atom. The topological polar surface area (TPSA) is 70.6 Å². The van der Waals surface area contributed by atoms with E-state index in [2.05, 4.69) is 15.6 Å². The molecule has 0 radical (unpaired) electrons. The van der Waals surface area contributed by atoms with Crippen LogP contribution in [0.5, 0.6) is 0 Å². The Labute approximate surface area is 181 Å². The zero-order valence-electron chi connectivity index (χ0n) is 15.7. The summed E-state index contributed by atoms with van der Waals surface area (Å²) in [7, 11) is -1.55. The third-order valence-corrected chi connectivity index (χ3v) is 5.04. The summed E-state index contributed by atoms with van der Waals surface area (Å²) in [6.45, 7) is 1.08. The number of benzene rings is 2. The quantitative estimate of drug-likeness (QED) is 0.333. The first-order valence-electron chi connectivity index (χ1n) is 8.46. The fraction of sp³-hybridized carbons (Fsp3) is 0.316. The minimum Gasteiger partial charge on any atom is -0.356 e. The third kappa shape index (κ3) is 8.09. The smallest absolute Gasteiger partial charge is 0.190 e. The predicted octanol–water partition coefficient (Wildman–Crippen LogP) is 2.94. The average molecular weight is 523 g/mol. The molecule has 28 heavy (non-hydrogen) atoms. The minimum atomic E-state index is -3.19. The maximum absolute atomic E-state index is 13.2. The molecule has 0 spiro atoms. The summed E-state index contributed by atoms with van der Waals surface area (Å²) in [6.07, 6.45) is 2.33. The van der Waals surface area contributed by atoms with Crippen molar-refractivity contribution in [2.45, 2.75) is 17.7 Å². The largest absolute Gasteiger partial charge is 0.356 e. The van der Waals surface area contributed by atoms with Gasteiger partial charge in [0.05, 0.1) is 4.90 Å². The Bertz CT molecular complexity index is 884. The average Bonchev–Trinajstić information content (AvgIpc) is 2.59. The summed E-state index contributed by atoms with van der Waals surface area (Å²) in [6, 6.07) is 10.2. The van der Waals surface area contributed by atoms with Gasteiger partial charge in [-0.2, -0.15) is 0 Å². The molecular formula is C19H24F2IN3O2S. The molecule has 2 N–H and O–H groups in total. The fourth-order valence-corrected chi connectivity index (χ4v) is 3.16. The van der Waals surface area contributed by atoms with Gasteiger partial charge in [0.15, 0.2) is 15.8 Å². The zero-order chi connectivity index (χ0) is 19.9. The van der Waals surface area contributed by atoms with E-state index in [1.54, 1.807) is 31.3 Å². The van der Waals surface area contributed by atoms with Crippen molar-refractivity contribution in [3.63, 3.8) is 0 Å². The molecule has 0 fully saturated rings. The fourth-order valence-electron chi connectivity index (χ4n) is 2.53. The highest BCUT2D eigenvalue weighted by Crippen LogP contribution is 2.10. The van der Waals surface area contributed by atoms with Crippen LogP contribution in [-0.2, 0) is 22.7 Å². The van der Waals surface area contributed by atoms with Crippen molar-refractivity contribution in [3.8, 4) is 0 Å². The molecule has 154 valence electrons. The van der Waals surface area contributed by atoms with E-state index in [-0.39, 0.29) is 24.0 Å². The van der Waals surface area contributed by atoms with Crippen molar-refractivity contribution in [3.05, 3.63) is 65.2 Å². The first-order chi connectivity index (χ1) is 12.8. The van der Waals surface area contributed by atoms with Crippen LogP contribution in [0.4, 0.5) is 8.78 Å². The number of hydrogen-bond acceptors (Lipinski definition) is 3. The second kappa shape index (κ2) is 11.3. The third-order valence-electron chi connectivity index (χ3n) is 3.91. The van der Waals surface area contributed by atoms with Crippen LogP contribution in [0.25, 0.3) is 0 Å². The van der Waals surface area contributed by atoms with Gasteiger partial charge in [-0.25, -0.2) is 17.2 Å². The van der Waals surface area contributed by atoms with E-state index in [0.717, 1.165) is 11.6 Å². The van der Waals surface area contributed by atoms with Gasteiger partial charge >= 0.3 is 0 Å². The van der Waals surface area contributed by atoms with Crippen molar-refractivity contribution < 1.29 is 17.2 Å². The van der Waals surface area contributed by atoms with E-state index >= 15 is 0 Å². The van der Waals surface area contributed by atoms with Crippen LogP contribution >= 0.6 is 24.0 Å². The molecule has 0 aromatic heterocycles. The lowest BCUT2D eigenvalue weighted by molar-refractivity contribution is 0.579. The number of nitrogens with zero attached hydrogens (tertiary/aromatic N) is 1. The van der Waals surface area contributed by atoms with Crippen molar-refractivity contribution in [1.29, 1.82) is 0 Å². The van der Waals surface area contributed by atoms with Gasteiger partial charge in [0.2, 0.25) is 0 Å². The molecule has 0 saturated heterocycles. The van der Waals surface area contributed by atoms with Crippen molar-refractivity contribution in [2.75, 3.05) is 26.4 Å². The van der Waals surface area contributed by atoms with Crippen LogP contribution in [0.1, 0.15) is 11.1 Å². The number of guanidine groups is 1. The molecule has 0 saturated carbocycles. The number of rotatable bonds is 7. The zero-order valence-corrected chi connectivity index (χ0v) is 18.9. The molecule has 0 aliphatic heterocycles. The standard InChI is InChI=1S/C19H23F2N3O2S.HI/c1-22-19(24-10-8-15-11-16(20)13-17(21)12-15)23-9-7-14-3-5-18(6-4-14)27(2,25)26;/h3-6,11-13H,7-10H2,1-2H3,(H2,22,23,24);1H. The van der Waals surface area contributed by atoms with E-state index < -0.39 is 21.5 Å². The Morgan fingerprint density at radius 3 is 1.89 bits per heavy atom.